The van der Waals surface area contributed by atoms with Crippen LogP contribution in [0.5, 0.6) is 5.75 Å². The number of hydrazone groups is 1. The molecule has 2 aromatic carbocycles. The fourth-order valence-electron chi connectivity index (χ4n) is 3.88. The lowest BCUT2D eigenvalue weighted by Gasteiger charge is -2.32. The van der Waals surface area contributed by atoms with Gasteiger partial charge in [0, 0.05) is 40.8 Å². The summed E-state index contributed by atoms with van der Waals surface area (Å²) < 4.78 is 5.28. The Kier molecular flexibility index (Phi) is 5.33. The number of amidine groups is 1. The molecule has 3 aromatic rings. The summed E-state index contributed by atoms with van der Waals surface area (Å²) in [6, 6.07) is 11.5. The quantitative estimate of drug-likeness (QED) is 0.563. The maximum Gasteiger partial charge on any atom is 0.276 e. The second-order valence-electron chi connectivity index (χ2n) is 7.93. The summed E-state index contributed by atoms with van der Waals surface area (Å²) in [6.07, 6.45) is 4.64. The molecule has 1 amide bonds. The van der Waals surface area contributed by atoms with Gasteiger partial charge in [0.2, 0.25) is 6.17 Å². The number of H-pyrrole nitrogens is 1. The van der Waals surface area contributed by atoms with Gasteiger partial charge in [0.05, 0.1) is 12.9 Å². The number of benzene rings is 2. The Bertz CT molecular complexity index is 1330. The molecule has 2 aliphatic rings. The van der Waals surface area contributed by atoms with E-state index < -0.39 is 6.17 Å². The van der Waals surface area contributed by atoms with E-state index in [4.69, 9.17) is 4.74 Å². The van der Waals surface area contributed by atoms with Gasteiger partial charge in [-0.2, -0.15) is 5.10 Å². The molecule has 0 fully saturated rings. The van der Waals surface area contributed by atoms with Crippen molar-refractivity contribution in [3.63, 3.8) is 0 Å². The first-order chi connectivity index (χ1) is 16.0. The molecule has 1 unspecified atom stereocenters. The molecule has 2 aliphatic heterocycles. The van der Waals surface area contributed by atoms with Crippen molar-refractivity contribution in [1.82, 2.24) is 15.3 Å². The highest BCUT2D eigenvalue weighted by Gasteiger charge is 2.38. The minimum atomic E-state index is -0.633. The highest BCUT2D eigenvalue weighted by Crippen LogP contribution is 2.29. The summed E-state index contributed by atoms with van der Waals surface area (Å²) in [5, 5.41) is 5.71. The Balaban J connectivity index is 1.29. The third kappa shape index (κ3) is 3.74. The van der Waals surface area contributed by atoms with Crippen LogP contribution in [-0.4, -0.2) is 45.8 Å². The maximum atomic E-state index is 13.1. The van der Waals surface area contributed by atoms with Gasteiger partial charge in [-0.05, 0) is 55.3 Å². The Labute approximate surface area is 195 Å². The molecule has 5 rings (SSSR count). The molecule has 0 saturated carbocycles. The molecular weight excluding hydrogens is 438 g/mol. The van der Waals surface area contributed by atoms with Crippen molar-refractivity contribution in [1.29, 1.82) is 0 Å². The molecule has 168 valence electrons. The SMILES string of the molecule is COc1ccc2[nH]cc(C(=O)CSC3=NNC4C(=O)N(c5ccc(C)c(C)c5)C=CN34)c2c1. The van der Waals surface area contributed by atoms with Gasteiger partial charge in [-0.3, -0.25) is 24.8 Å². The lowest BCUT2D eigenvalue weighted by Crippen LogP contribution is -2.52. The highest BCUT2D eigenvalue weighted by molar-refractivity contribution is 8.14. The van der Waals surface area contributed by atoms with Crippen LogP contribution in [0.3, 0.4) is 0 Å². The number of anilines is 1. The Morgan fingerprint density at radius 2 is 2.00 bits per heavy atom. The number of thioether (sulfide) groups is 1. The average Bonchev–Trinajstić information content (AvgIpc) is 3.44. The topological polar surface area (TPSA) is 90.0 Å². The van der Waals surface area contributed by atoms with Crippen molar-refractivity contribution in [3.8, 4) is 5.75 Å². The van der Waals surface area contributed by atoms with E-state index in [2.05, 4.69) is 15.5 Å². The minimum absolute atomic E-state index is 0.0327. The van der Waals surface area contributed by atoms with Gasteiger partial charge in [0.25, 0.3) is 5.91 Å². The van der Waals surface area contributed by atoms with Crippen LogP contribution in [0.25, 0.3) is 10.9 Å². The number of carbonyl (C=O) groups excluding carboxylic acids is 2. The van der Waals surface area contributed by atoms with Crippen LogP contribution in [0.15, 0.2) is 60.1 Å². The zero-order valence-corrected chi connectivity index (χ0v) is 19.3. The number of aryl methyl sites for hydroxylation is 2. The number of nitrogens with zero attached hydrogens (tertiary/aromatic N) is 3. The van der Waals surface area contributed by atoms with Gasteiger partial charge in [0.1, 0.15) is 5.75 Å². The van der Waals surface area contributed by atoms with Gasteiger partial charge in [-0.25, -0.2) is 0 Å². The Morgan fingerprint density at radius 3 is 2.79 bits per heavy atom. The molecule has 0 aliphatic carbocycles. The van der Waals surface area contributed by atoms with Crippen LogP contribution in [-0.2, 0) is 4.79 Å². The van der Waals surface area contributed by atoms with E-state index in [-0.39, 0.29) is 17.4 Å². The number of aromatic amines is 1. The fourth-order valence-corrected chi connectivity index (χ4v) is 4.72. The lowest BCUT2D eigenvalue weighted by molar-refractivity contribution is -0.122. The summed E-state index contributed by atoms with van der Waals surface area (Å²) in [6.45, 7) is 4.06. The molecule has 0 saturated heterocycles. The highest BCUT2D eigenvalue weighted by atomic mass is 32.2. The molecule has 9 heteroatoms. The predicted octanol–water partition coefficient (Wildman–Crippen LogP) is 3.73. The summed E-state index contributed by atoms with van der Waals surface area (Å²) in [4.78, 5) is 32.5. The number of Topliss-reactive ketones (excluding diaryl/α,β-unsaturated/α-hetero) is 1. The largest absolute Gasteiger partial charge is 0.497 e. The number of carbonyl (C=O) groups is 2. The fraction of sp³-hybridized carbons (Fsp3) is 0.208. The van der Waals surface area contributed by atoms with E-state index in [0.717, 1.165) is 22.2 Å². The number of ether oxygens (including phenoxy) is 1. The van der Waals surface area contributed by atoms with Crippen LogP contribution in [0, 0.1) is 13.8 Å². The number of fused-ring (bicyclic) bond motifs is 2. The number of nitrogens with one attached hydrogen (secondary N) is 2. The first-order valence-electron chi connectivity index (χ1n) is 10.5. The van der Waals surface area contributed by atoms with Crippen LogP contribution < -0.4 is 15.1 Å². The standard InChI is InChI=1S/C24H23N5O3S/c1-14-4-5-16(10-15(14)2)28-8-9-29-22(23(28)31)26-27-24(29)33-13-21(30)19-12-25-20-7-6-17(32-3)11-18(19)20/h4-12,22,25-26H,13H2,1-3H3. The van der Waals surface area contributed by atoms with Crippen molar-refractivity contribution >= 4 is 45.2 Å². The molecule has 2 N–H and O–H groups in total. The monoisotopic (exact) mass is 461 g/mol. The molecule has 0 bridgehead atoms. The predicted molar refractivity (Wildman–Crippen MR) is 130 cm³/mol. The zero-order valence-electron chi connectivity index (χ0n) is 18.5. The molecule has 1 atom stereocenters. The molecule has 8 nitrogen and oxygen atoms in total. The van der Waals surface area contributed by atoms with E-state index in [1.165, 1.54) is 17.3 Å². The van der Waals surface area contributed by atoms with Gasteiger partial charge in [-0.1, -0.05) is 17.8 Å². The normalized spacial score (nSPS) is 17.2. The van der Waals surface area contributed by atoms with Crippen molar-refractivity contribution in [2.45, 2.75) is 20.0 Å². The first-order valence-corrected chi connectivity index (χ1v) is 11.5. The molecule has 0 spiro atoms. The number of hydrogen-bond acceptors (Lipinski definition) is 7. The van der Waals surface area contributed by atoms with Crippen molar-refractivity contribution in [3.05, 3.63) is 71.7 Å². The average molecular weight is 462 g/mol. The number of rotatable bonds is 5. The number of methoxy groups -OCH3 is 1. The molecule has 0 radical (unpaired) electrons. The van der Waals surface area contributed by atoms with E-state index in [1.54, 1.807) is 29.3 Å². The third-order valence-corrected chi connectivity index (χ3v) is 6.89. The van der Waals surface area contributed by atoms with Crippen LogP contribution in [0.2, 0.25) is 0 Å². The van der Waals surface area contributed by atoms with Gasteiger partial charge in [0.15, 0.2) is 11.0 Å². The van der Waals surface area contributed by atoms with Crippen molar-refractivity contribution < 1.29 is 14.3 Å². The number of aromatic nitrogens is 1. The number of hydrogen-bond donors (Lipinski definition) is 2. The number of ketones is 1. The van der Waals surface area contributed by atoms with Crippen LogP contribution in [0.1, 0.15) is 21.5 Å². The van der Waals surface area contributed by atoms with Gasteiger partial charge >= 0.3 is 0 Å². The summed E-state index contributed by atoms with van der Waals surface area (Å²) >= 11 is 1.29. The van der Waals surface area contributed by atoms with Crippen LogP contribution >= 0.6 is 11.8 Å². The summed E-state index contributed by atoms with van der Waals surface area (Å²) in [7, 11) is 1.60. The Morgan fingerprint density at radius 1 is 1.15 bits per heavy atom. The van der Waals surface area contributed by atoms with Crippen LogP contribution in [0.4, 0.5) is 5.69 Å². The second-order valence-corrected chi connectivity index (χ2v) is 8.88. The first kappa shape index (κ1) is 21.1. The van der Waals surface area contributed by atoms with Crippen molar-refractivity contribution in [2.24, 2.45) is 5.10 Å². The second kappa shape index (κ2) is 8.32. The zero-order chi connectivity index (χ0) is 23.1. The smallest absolute Gasteiger partial charge is 0.276 e. The van der Waals surface area contributed by atoms with E-state index >= 15 is 0 Å². The lowest BCUT2D eigenvalue weighted by atomic mass is 10.1. The van der Waals surface area contributed by atoms with Gasteiger partial charge in [-0.15, -0.1) is 0 Å². The molecular formula is C24H23N5O3S. The van der Waals surface area contributed by atoms with E-state index in [9.17, 15) is 9.59 Å². The molecule has 3 heterocycles. The molecule has 33 heavy (non-hydrogen) atoms. The summed E-state index contributed by atoms with van der Waals surface area (Å²) in [5.41, 5.74) is 7.49. The number of amides is 1. The van der Waals surface area contributed by atoms with Crippen molar-refractivity contribution in [2.75, 3.05) is 17.8 Å². The van der Waals surface area contributed by atoms with E-state index in [0.29, 0.717) is 16.5 Å². The van der Waals surface area contributed by atoms with E-state index in [1.807, 2.05) is 56.4 Å². The molecule has 1 aromatic heterocycles. The minimum Gasteiger partial charge on any atom is -0.497 e. The third-order valence-electron chi connectivity index (χ3n) is 5.92. The van der Waals surface area contributed by atoms with Gasteiger partial charge < -0.3 is 9.72 Å². The summed E-state index contributed by atoms with van der Waals surface area (Å²) in [5.74, 6) is 0.725. The Hall–Kier alpha value is -3.72. The maximum absolute atomic E-state index is 13.1.